The Balaban J connectivity index is 2.07. The van der Waals surface area contributed by atoms with Gasteiger partial charge in [0, 0.05) is 12.1 Å². The van der Waals surface area contributed by atoms with Crippen LogP contribution in [-0.4, -0.2) is 38.4 Å². The van der Waals surface area contributed by atoms with Gasteiger partial charge in [-0.2, -0.15) is 0 Å². The van der Waals surface area contributed by atoms with Gasteiger partial charge < -0.3 is 10.1 Å². The van der Waals surface area contributed by atoms with Crippen molar-refractivity contribution in [1.29, 1.82) is 0 Å². The minimum Gasteiger partial charge on any atom is -0.449 e. The van der Waals surface area contributed by atoms with Crippen LogP contribution in [0.3, 0.4) is 0 Å². The van der Waals surface area contributed by atoms with E-state index in [4.69, 9.17) is 16.3 Å². The van der Waals surface area contributed by atoms with E-state index in [9.17, 15) is 28.1 Å². The van der Waals surface area contributed by atoms with Crippen LogP contribution in [0.4, 0.5) is 11.4 Å². The molecule has 0 aromatic heterocycles. The summed E-state index contributed by atoms with van der Waals surface area (Å²) in [5.74, 6) is -1.61. The topological polar surface area (TPSA) is 145 Å². The molecule has 0 saturated carbocycles. The van der Waals surface area contributed by atoms with Crippen LogP contribution in [-0.2, 0) is 19.6 Å². The van der Waals surface area contributed by atoms with E-state index in [1.54, 1.807) is 0 Å². The maximum absolute atomic E-state index is 12.2. The fraction of sp³-hybridized carbons (Fsp3) is 0.176. The number of nitro groups is 1. The number of non-ortho nitro benzene ring substituents is 1. The molecule has 0 saturated heterocycles. The van der Waals surface area contributed by atoms with Crippen molar-refractivity contribution >= 4 is 44.9 Å². The van der Waals surface area contributed by atoms with Crippen molar-refractivity contribution in [3.8, 4) is 0 Å². The van der Waals surface area contributed by atoms with Crippen molar-refractivity contribution in [3.63, 3.8) is 0 Å². The molecule has 1 unspecified atom stereocenters. The highest BCUT2D eigenvalue weighted by atomic mass is 35.5. The van der Waals surface area contributed by atoms with E-state index in [1.807, 2.05) is 0 Å². The first-order valence-corrected chi connectivity index (χ1v) is 9.90. The molecule has 12 heteroatoms. The number of benzene rings is 2. The molecule has 10 nitrogen and oxygen atoms in total. The van der Waals surface area contributed by atoms with Gasteiger partial charge in [-0.3, -0.25) is 14.9 Å². The molecule has 0 bridgehead atoms. The quantitative estimate of drug-likeness (QED) is 0.381. The van der Waals surface area contributed by atoms with Gasteiger partial charge in [-0.05, 0) is 44.3 Å². The van der Waals surface area contributed by atoms with Crippen LogP contribution in [0.1, 0.15) is 17.3 Å². The summed E-state index contributed by atoms with van der Waals surface area (Å²) in [5, 5.41) is 13.3. The van der Waals surface area contributed by atoms with Crippen molar-refractivity contribution in [1.82, 2.24) is 4.72 Å². The van der Waals surface area contributed by atoms with E-state index < -0.39 is 32.9 Å². The third kappa shape index (κ3) is 5.50. The molecule has 0 fully saturated rings. The fourth-order valence-electron chi connectivity index (χ4n) is 2.13. The Morgan fingerprint density at radius 2 is 1.79 bits per heavy atom. The van der Waals surface area contributed by atoms with Gasteiger partial charge in [0.15, 0.2) is 6.10 Å². The smallest absolute Gasteiger partial charge is 0.338 e. The van der Waals surface area contributed by atoms with Crippen LogP contribution >= 0.6 is 11.6 Å². The zero-order chi connectivity index (χ0) is 21.8. The summed E-state index contributed by atoms with van der Waals surface area (Å²) in [6.45, 7) is 1.30. The van der Waals surface area contributed by atoms with E-state index in [1.165, 1.54) is 50.4 Å². The molecule has 2 aromatic carbocycles. The Labute approximate surface area is 171 Å². The number of carbonyl (C=O) groups is 2. The van der Waals surface area contributed by atoms with E-state index in [0.29, 0.717) is 0 Å². The largest absolute Gasteiger partial charge is 0.449 e. The number of hydrogen-bond acceptors (Lipinski definition) is 7. The first kappa shape index (κ1) is 22.3. The Hall–Kier alpha value is -3.02. The lowest BCUT2D eigenvalue weighted by Crippen LogP contribution is -2.30. The highest BCUT2D eigenvalue weighted by molar-refractivity contribution is 7.89. The average molecular weight is 442 g/mol. The van der Waals surface area contributed by atoms with Crippen LogP contribution in [0, 0.1) is 10.1 Å². The van der Waals surface area contributed by atoms with E-state index >= 15 is 0 Å². The second-order valence-corrected chi connectivity index (χ2v) is 7.98. The molecular formula is C17H16ClN3O7S. The summed E-state index contributed by atoms with van der Waals surface area (Å²) in [7, 11) is -2.40. The van der Waals surface area contributed by atoms with Gasteiger partial charge >= 0.3 is 5.97 Å². The zero-order valence-corrected chi connectivity index (χ0v) is 16.8. The highest BCUT2D eigenvalue weighted by Gasteiger charge is 2.21. The number of rotatable bonds is 7. The van der Waals surface area contributed by atoms with Crippen LogP contribution < -0.4 is 10.0 Å². The summed E-state index contributed by atoms with van der Waals surface area (Å²) in [5.41, 5.74) is -0.241. The highest BCUT2D eigenvalue weighted by Crippen LogP contribution is 2.27. The van der Waals surface area contributed by atoms with Crippen LogP contribution in [0.15, 0.2) is 47.4 Å². The van der Waals surface area contributed by atoms with E-state index in [0.717, 1.165) is 6.07 Å². The summed E-state index contributed by atoms with van der Waals surface area (Å²) >= 11 is 5.92. The van der Waals surface area contributed by atoms with E-state index in [2.05, 4.69) is 10.0 Å². The molecular weight excluding hydrogens is 426 g/mol. The molecule has 0 radical (unpaired) electrons. The van der Waals surface area contributed by atoms with Crippen LogP contribution in [0.5, 0.6) is 0 Å². The first-order valence-electron chi connectivity index (χ1n) is 8.04. The Morgan fingerprint density at radius 1 is 1.17 bits per heavy atom. The minimum absolute atomic E-state index is 0.00427. The fourth-order valence-corrected chi connectivity index (χ4v) is 3.02. The molecule has 154 valence electrons. The lowest BCUT2D eigenvalue weighted by molar-refractivity contribution is -0.384. The van der Waals surface area contributed by atoms with Crippen molar-refractivity contribution in [2.45, 2.75) is 17.9 Å². The van der Waals surface area contributed by atoms with Gasteiger partial charge in [0.1, 0.15) is 0 Å². The Bertz CT molecular complexity index is 1060. The van der Waals surface area contributed by atoms with Gasteiger partial charge in [0.2, 0.25) is 10.0 Å². The summed E-state index contributed by atoms with van der Waals surface area (Å²) in [6, 6.07) is 8.44. The lowest BCUT2D eigenvalue weighted by Gasteiger charge is -2.14. The normalized spacial score (nSPS) is 12.1. The SMILES string of the molecule is CNS(=O)(=O)c1ccc(C(=O)OC(C)C(=O)Nc2cc([N+](=O)[O-])ccc2Cl)cc1. The molecule has 0 aliphatic carbocycles. The number of ether oxygens (including phenoxy) is 1. The predicted octanol–water partition coefficient (Wildman–Crippen LogP) is 2.34. The maximum atomic E-state index is 12.2. The van der Waals surface area contributed by atoms with Gasteiger partial charge in [-0.1, -0.05) is 11.6 Å². The van der Waals surface area contributed by atoms with Crippen LogP contribution in [0.2, 0.25) is 5.02 Å². The maximum Gasteiger partial charge on any atom is 0.338 e. The van der Waals surface area contributed by atoms with Gasteiger partial charge in [-0.25, -0.2) is 17.9 Å². The molecule has 0 aliphatic heterocycles. The second kappa shape index (κ2) is 8.99. The molecule has 2 rings (SSSR count). The van der Waals surface area contributed by atoms with E-state index in [-0.39, 0.29) is 26.9 Å². The minimum atomic E-state index is -3.65. The average Bonchev–Trinajstić information content (AvgIpc) is 2.69. The number of amides is 1. The van der Waals surface area contributed by atoms with Gasteiger partial charge in [0.05, 0.1) is 26.1 Å². The Kier molecular flexibility index (Phi) is 6.90. The lowest BCUT2D eigenvalue weighted by atomic mass is 10.2. The number of esters is 1. The summed E-state index contributed by atoms with van der Waals surface area (Å²) in [4.78, 5) is 34.5. The van der Waals surface area contributed by atoms with Crippen molar-refractivity contribution in [3.05, 3.63) is 63.2 Å². The first-order chi connectivity index (χ1) is 13.5. The molecule has 0 heterocycles. The number of nitrogens with zero attached hydrogens (tertiary/aromatic N) is 1. The zero-order valence-electron chi connectivity index (χ0n) is 15.2. The molecule has 0 spiro atoms. The number of halogens is 1. The molecule has 1 atom stereocenters. The second-order valence-electron chi connectivity index (χ2n) is 5.69. The number of hydrogen-bond donors (Lipinski definition) is 2. The predicted molar refractivity (Wildman–Crippen MR) is 104 cm³/mol. The number of nitro benzene ring substituents is 1. The molecule has 2 aromatic rings. The third-order valence-corrected chi connectivity index (χ3v) is 5.50. The summed E-state index contributed by atoms with van der Waals surface area (Å²) in [6.07, 6.45) is -1.25. The summed E-state index contributed by atoms with van der Waals surface area (Å²) < 4.78 is 30.6. The number of carbonyl (C=O) groups excluding carboxylic acids is 2. The number of sulfonamides is 1. The van der Waals surface area contributed by atoms with Crippen molar-refractivity contribution in [2.75, 3.05) is 12.4 Å². The van der Waals surface area contributed by atoms with Crippen LogP contribution in [0.25, 0.3) is 0 Å². The molecule has 1 amide bonds. The molecule has 0 aliphatic rings. The third-order valence-electron chi connectivity index (χ3n) is 3.74. The van der Waals surface area contributed by atoms with Crippen molar-refractivity contribution in [2.24, 2.45) is 0 Å². The monoisotopic (exact) mass is 441 g/mol. The Morgan fingerprint density at radius 3 is 2.34 bits per heavy atom. The molecule has 2 N–H and O–H groups in total. The molecule has 29 heavy (non-hydrogen) atoms. The van der Waals surface area contributed by atoms with Gasteiger partial charge in [-0.15, -0.1) is 0 Å². The van der Waals surface area contributed by atoms with Gasteiger partial charge in [0.25, 0.3) is 11.6 Å². The number of nitrogens with one attached hydrogen (secondary N) is 2. The number of anilines is 1. The standard InChI is InChI=1S/C17H16ClN3O7S/c1-10(16(22)20-15-9-12(21(24)25)5-8-14(15)18)28-17(23)11-3-6-13(7-4-11)29(26,27)19-2/h3-10,19H,1-2H3,(H,20,22). The van der Waals surface area contributed by atoms with Crippen molar-refractivity contribution < 1.29 is 27.7 Å².